The molecule has 1 aromatic rings. The van der Waals surface area contributed by atoms with Crippen LogP contribution in [0, 0.1) is 5.92 Å². The summed E-state index contributed by atoms with van der Waals surface area (Å²) in [5.74, 6) is 0.211. The number of halogens is 1. The zero-order valence-electron chi connectivity index (χ0n) is 9.95. The molecule has 92 valence electrons. The fourth-order valence-electron chi connectivity index (χ4n) is 2.16. The number of nitrogens with one attached hydrogen (secondary N) is 1. The Morgan fingerprint density at radius 2 is 2.12 bits per heavy atom. The Hall–Kier alpha value is -1.06. The summed E-state index contributed by atoms with van der Waals surface area (Å²) in [6.45, 7) is 1.93. The van der Waals surface area contributed by atoms with E-state index >= 15 is 0 Å². The molecular formula is C13H17ClN2O. The standard InChI is InChI=1S/C13H17ClN2O/c1-16-8-2-3-10(9-16)13(17)15-12-6-4-11(14)5-7-12/h4-7,10H,2-3,8-9H2,1H3,(H,15,17)/t10-/m1/s1. The molecule has 1 amide bonds. The largest absolute Gasteiger partial charge is 0.326 e. The number of amides is 1. The first-order valence-electron chi connectivity index (χ1n) is 5.90. The van der Waals surface area contributed by atoms with Crippen molar-refractivity contribution in [3.63, 3.8) is 0 Å². The Morgan fingerprint density at radius 1 is 1.41 bits per heavy atom. The molecule has 2 rings (SSSR count). The number of anilines is 1. The second kappa shape index (κ2) is 5.52. The van der Waals surface area contributed by atoms with E-state index in [-0.39, 0.29) is 11.8 Å². The van der Waals surface area contributed by atoms with Crippen molar-refractivity contribution >= 4 is 23.2 Å². The summed E-state index contributed by atoms with van der Waals surface area (Å²) in [6.07, 6.45) is 2.07. The molecule has 0 bridgehead atoms. The third kappa shape index (κ3) is 3.45. The summed E-state index contributed by atoms with van der Waals surface area (Å²) in [7, 11) is 2.06. The van der Waals surface area contributed by atoms with Crippen molar-refractivity contribution in [3.8, 4) is 0 Å². The number of hydrogen-bond donors (Lipinski definition) is 1. The normalized spacial score (nSPS) is 21.2. The van der Waals surface area contributed by atoms with Crippen molar-refractivity contribution < 1.29 is 4.79 Å². The SMILES string of the molecule is CN1CCC[C@@H](C(=O)Nc2ccc(Cl)cc2)C1. The molecule has 1 aromatic carbocycles. The van der Waals surface area contributed by atoms with Crippen LogP contribution >= 0.6 is 11.6 Å². The zero-order chi connectivity index (χ0) is 12.3. The Labute approximate surface area is 107 Å². The first kappa shape index (κ1) is 12.4. The van der Waals surface area contributed by atoms with Crippen LogP contribution in [0.1, 0.15) is 12.8 Å². The van der Waals surface area contributed by atoms with Crippen molar-refractivity contribution in [2.24, 2.45) is 5.92 Å². The fourth-order valence-corrected chi connectivity index (χ4v) is 2.28. The average Bonchev–Trinajstić information content (AvgIpc) is 2.32. The highest BCUT2D eigenvalue weighted by Crippen LogP contribution is 2.18. The third-order valence-electron chi connectivity index (χ3n) is 3.11. The highest BCUT2D eigenvalue weighted by Gasteiger charge is 2.23. The van der Waals surface area contributed by atoms with Crippen molar-refractivity contribution in [1.82, 2.24) is 4.90 Å². The van der Waals surface area contributed by atoms with Crippen LogP contribution in [-0.2, 0) is 4.79 Å². The van der Waals surface area contributed by atoms with Gasteiger partial charge in [0.1, 0.15) is 0 Å². The van der Waals surface area contributed by atoms with E-state index in [0.29, 0.717) is 5.02 Å². The van der Waals surface area contributed by atoms with Gasteiger partial charge in [0.15, 0.2) is 0 Å². The van der Waals surface area contributed by atoms with Crippen LogP contribution < -0.4 is 5.32 Å². The lowest BCUT2D eigenvalue weighted by Gasteiger charge is -2.28. The zero-order valence-corrected chi connectivity index (χ0v) is 10.7. The second-order valence-electron chi connectivity index (χ2n) is 4.60. The molecule has 4 heteroatoms. The van der Waals surface area contributed by atoms with Gasteiger partial charge in [-0.1, -0.05) is 11.6 Å². The first-order valence-corrected chi connectivity index (χ1v) is 6.28. The van der Waals surface area contributed by atoms with E-state index < -0.39 is 0 Å². The maximum atomic E-state index is 12.0. The number of carbonyl (C=O) groups is 1. The maximum absolute atomic E-state index is 12.0. The molecule has 1 heterocycles. The Kier molecular flexibility index (Phi) is 4.02. The van der Waals surface area contributed by atoms with Gasteiger partial charge in [0, 0.05) is 17.3 Å². The highest BCUT2D eigenvalue weighted by molar-refractivity contribution is 6.30. The molecule has 1 atom stereocenters. The summed E-state index contributed by atoms with van der Waals surface area (Å²) in [5, 5.41) is 3.62. The van der Waals surface area contributed by atoms with Gasteiger partial charge in [0.25, 0.3) is 0 Å². The van der Waals surface area contributed by atoms with Gasteiger partial charge in [0.05, 0.1) is 5.92 Å². The molecule has 1 fully saturated rings. The van der Waals surface area contributed by atoms with Gasteiger partial charge in [-0.3, -0.25) is 4.79 Å². The molecule has 0 spiro atoms. The molecule has 0 unspecified atom stereocenters. The van der Waals surface area contributed by atoms with E-state index in [1.165, 1.54) is 0 Å². The lowest BCUT2D eigenvalue weighted by Crippen LogP contribution is -2.38. The predicted octanol–water partition coefficient (Wildman–Crippen LogP) is 2.62. The molecule has 3 nitrogen and oxygen atoms in total. The van der Waals surface area contributed by atoms with Crippen LogP contribution in [0.15, 0.2) is 24.3 Å². The van der Waals surface area contributed by atoms with Gasteiger partial charge in [-0.15, -0.1) is 0 Å². The van der Waals surface area contributed by atoms with Gasteiger partial charge in [-0.25, -0.2) is 0 Å². The summed E-state index contributed by atoms with van der Waals surface area (Å²) in [6, 6.07) is 7.22. The molecule has 17 heavy (non-hydrogen) atoms. The van der Waals surface area contributed by atoms with E-state index in [9.17, 15) is 4.79 Å². The van der Waals surface area contributed by atoms with Crippen molar-refractivity contribution in [1.29, 1.82) is 0 Å². The van der Waals surface area contributed by atoms with Gasteiger partial charge < -0.3 is 10.2 Å². The van der Waals surface area contributed by atoms with Crippen LogP contribution in [0.3, 0.4) is 0 Å². The molecule has 0 aromatic heterocycles. The van der Waals surface area contributed by atoms with Crippen LogP contribution in [0.4, 0.5) is 5.69 Å². The lowest BCUT2D eigenvalue weighted by molar-refractivity contribution is -0.121. The number of nitrogens with zero attached hydrogens (tertiary/aromatic N) is 1. The Morgan fingerprint density at radius 3 is 2.76 bits per heavy atom. The van der Waals surface area contributed by atoms with Crippen molar-refractivity contribution in [2.45, 2.75) is 12.8 Å². The summed E-state index contributed by atoms with van der Waals surface area (Å²) in [4.78, 5) is 14.2. The number of carbonyl (C=O) groups excluding carboxylic acids is 1. The van der Waals surface area contributed by atoms with Gasteiger partial charge in [-0.05, 0) is 50.7 Å². The lowest BCUT2D eigenvalue weighted by atomic mass is 9.97. The molecule has 0 saturated carbocycles. The molecule has 0 aliphatic carbocycles. The molecular weight excluding hydrogens is 236 g/mol. The molecule has 1 N–H and O–H groups in total. The van der Waals surface area contributed by atoms with Crippen molar-refractivity contribution in [3.05, 3.63) is 29.3 Å². The maximum Gasteiger partial charge on any atom is 0.228 e. The monoisotopic (exact) mass is 252 g/mol. The summed E-state index contributed by atoms with van der Waals surface area (Å²) < 4.78 is 0. The van der Waals surface area contributed by atoms with Crippen LogP contribution in [-0.4, -0.2) is 30.9 Å². The van der Waals surface area contributed by atoms with E-state index in [2.05, 4.69) is 17.3 Å². The smallest absolute Gasteiger partial charge is 0.228 e. The predicted molar refractivity (Wildman–Crippen MR) is 70.3 cm³/mol. The minimum Gasteiger partial charge on any atom is -0.326 e. The quantitative estimate of drug-likeness (QED) is 0.878. The second-order valence-corrected chi connectivity index (χ2v) is 5.03. The van der Waals surface area contributed by atoms with Gasteiger partial charge in [0.2, 0.25) is 5.91 Å². The minimum atomic E-state index is 0.101. The number of benzene rings is 1. The number of piperidine rings is 1. The Bertz CT molecular complexity index is 391. The van der Waals surface area contributed by atoms with Crippen LogP contribution in [0.25, 0.3) is 0 Å². The number of rotatable bonds is 2. The van der Waals surface area contributed by atoms with Crippen LogP contribution in [0.2, 0.25) is 5.02 Å². The summed E-state index contributed by atoms with van der Waals surface area (Å²) >= 11 is 5.80. The molecule has 1 aliphatic rings. The van der Waals surface area contributed by atoms with E-state index in [1.807, 2.05) is 12.1 Å². The minimum absolute atomic E-state index is 0.101. The molecule has 1 aliphatic heterocycles. The topological polar surface area (TPSA) is 32.3 Å². The third-order valence-corrected chi connectivity index (χ3v) is 3.36. The fraction of sp³-hybridized carbons (Fsp3) is 0.462. The Balaban J connectivity index is 1.94. The van der Waals surface area contributed by atoms with Gasteiger partial charge in [-0.2, -0.15) is 0 Å². The van der Waals surface area contributed by atoms with Crippen molar-refractivity contribution in [2.75, 3.05) is 25.5 Å². The molecule has 0 radical (unpaired) electrons. The van der Waals surface area contributed by atoms with E-state index in [0.717, 1.165) is 31.6 Å². The van der Waals surface area contributed by atoms with E-state index in [4.69, 9.17) is 11.6 Å². The average molecular weight is 253 g/mol. The molecule has 1 saturated heterocycles. The van der Waals surface area contributed by atoms with E-state index in [1.54, 1.807) is 12.1 Å². The van der Waals surface area contributed by atoms with Gasteiger partial charge >= 0.3 is 0 Å². The first-order chi connectivity index (χ1) is 8.15. The highest BCUT2D eigenvalue weighted by atomic mass is 35.5. The van der Waals surface area contributed by atoms with Crippen LogP contribution in [0.5, 0.6) is 0 Å². The number of likely N-dealkylation sites (tertiary alicyclic amines) is 1. The number of hydrogen-bond acceptors (Lipinski definition) is 2. The summed E-state index contributed by atoms with van der Waals surface area (Å²) in [5.41, 5.74) is 0.813.